The number of alkyl carbamates (subject to hydrolysis) is 1. The van der Waals surface area contributed by atoms with Gasteiger partial charge in [-0.2, -0.15) is 0 Å². The van der Waals surface area contributed by atoms with Gasteiger partial charge in [0, 0.05) is 29.8 Å². The molecule has 35 heavy (non-hydrogen) atoms. The van der Waals surface area contributed by atoms with Crippen LogP contribution >= 0.6 is 11.3 Å². The van der Waals surface area contributed by atoms with Crippen LogP contribution in [0.3, 0.4) is 0 Å². The van der Waals surface area contributed by atoms with Gasteiger partial charge in [0.2, 0.25) is 0 Å². The van der Waals surface area contributed by atoms with Gasteiger partial charge < -0.3 is 20.5 Å². The minimum Gasteiger partial charge on any atom is -0.481 e. The first kappa shape index (κ1) is 24.4. The number of carbonyl (C=O) groups is 3. The Balaban J connectivity index is 1.27. The number of aliphatic carboxylic acids is 1. The minimum absolute atomic E-state index is 0.000601. The minimum atomic E-state index is -0.979. The van der Waals surface area contributed by atoms with Crippen molar-refractivity contribution in [2.45, 2.75) is 38.6 Å². The number of carboxylic acids is 1. The molecule has 0 bridgehead atoms. The number of hydrogen-bond acceptors (Lipinski definition) is 6. The van der Waals surface area contributed by atoms with Crippen molar-refractivity contribution in [3.8, 4) is 11.1 Å². The number of ether oxygens (including phenoxy) is 1. The maximum atomic E-state index is 12.4. The van der Waals surface area contributed by atoms with E-state index in [-0.39, 0.29) is 24.6 Å². The molecule has 1 heterocycles. The standard InChI is InChI=1S/C26H27N3O5S/c1-15(13-23(30)31)28-25(32)24-16(2)35-22(29-24)11-12-27-26(33)34-14-21-19-9-5-3-7-17(19)18-8-4-6-10-20(18)21/h3-10,15,21H,11-14H2,1-2H3,(H,27,33)(H,28,32)(H,30,31). The second-order valence-electron chi connectivity index (χ2n) is 8.49. The largest absolute Gasteiger partial charge is 0.481 e. The molecule has 0 saturated carbocycles. The number of thiazole rings is 1. The zero-order valence-electron chi connectivity index (χ0n) is 19.5. The molecule has 1 unspecified atom stereocenters. The highest BCUT2D eigenvalue weighted by Gasteiger charge is 2.29. The second kappa shape index (κ2) is 10.7. The fraction of sp³-hybridized carbons (Fsp3) is 0.308. The third-order valence-electron chi connectivity index (χ3n) is 5.87. The van der Waals surface area contributed by atoms with Gasteiger partial charge in [-0.1, -0.05) is 48.5 Å². The lowest BCUT2D eigenvalue weighted by molar-refractivity contribution is -0.137. The fourth-order valence-electron chi connectivity index (χ4n) is 4.29. The predicted molar refractivity (Wildman–Crippen MR) is 133 cm³/mol. The van der Waals surface area contributed by atoms with Gasteiger partial charge in [0.1, 0.15) is 12.3 Å². The quantitative estimate of drug-likeness (QED) is 0.413. The summed E-state index contributed by atoms with van der Waals surface area (Å²) in [6.07, 6.45) is -0.208. The molecule has 0 fully saturated rings. The summed E-state index contributed by atoms with van der Waals surface area (Å²) < 4.78 is 5.54. The van der Waals surface area contributed by atoms with E-state index in [1.54, 1.807) is 13.8 Å². The number of aromatic nitrogens is 1. The van der Waals surface area contributed by atoms with Crippen LogP contribution in [0.1, 0.15) is 50.8 Å². The van der Waals surface area contributed by atoms with Gasteiger partial charge in [-0.3, -0.25) is 9.59 Å². The van der Waals surface area contributed by atoms with Crippen LogP contribution < -0.4 is 10.6 Å². The van der Waals surface area contributed by atoms with Crippen molar-refractivity contribution >= 4 is 29.3 Å². The maximum absolute atomic E-state index is 12.4. The Bertz CT molecular complexity index is 1210. The van der Waals surface area contributed by atoms with E-state index in [1.807, 2.05) is 24.3 Å². The first-order valence-electron chi connectivity index (χ1n) is 11.4. The fourth-order valence-corrected chi connectivity index (χ4v) is 5.22. The van der Waals surface area contributed by atoms with E-state index in [2.05, 4.69) is 39.9 Å². The van der Waals surface area contributed by atoms with E-state index in [9.17, 15) is 14.4 Å². The zero-order valence-corrected chi connectivity index (χ0v) is 20.4. The van der Waals surface area contributed by atoms with Crippen LogP contribution in [0, 0.1) is 6.92 Å². The van der Waals surface area contributed by atoms with Crippen molar-refractivity contribution in [1.29, 1.82) is 0 Å². The number of amides is 2. The molecule has 8 nitrogen and oxygen atoms in total. The summed E-state index contributed by atoms with van der Waals surface area (Å²) >= 11 is 1.37. The summed E-state index contributed by atoms with van der Waals surface area (Å²) in [5.74, 6) is -1.38. The summed E-state index contributed by atoms with van der Waals surface area (Å²) in [4.78, 5) is 40.6. The van der Waals surface area contributed by atoms with Gasteiger partial charge in [0.15, 0.2) is 0 Å². The molecule has 2 amide bonds. The molecular formula is C26H27N3O5S. The highest BCUT2D eigenvalue weighted by molar-refractivity contribution is 7.11. The Labute approximate surface area is 207 Å². The third kappa shape index (κ3) is 5.68. The topological polar surface area (TPSA) is 118 Å². The van der Waals surface area contributed by atoms with Crippen molar-refractivity contribution in [1.82, 2.24) is 15.6 Å². The summed E-state index contributed by atoms with van der Waals surface area (Å²) in [7, 11) is 0. The average molecular weight is 494 g/mol. The smallest absolute Gasteiger partial charge is 0.407 e. The Hall–Kier alpha value is -3.72. The molecule has 4 rings (SSSR count). The van der Waals surface area contributed by atoms with Gasteiger partial charge >= 0.3 is 12.1 Å². The number of carboxylic acid groups (broad SMARTS) is 1. The van der Waals surface area contributed by atoms with E-state index in [4.69, 9.17) is 9.84 Å². The van der Waals surface area contributed by atoms with E-state index in [1.165, 1.54) is 22.5 Å². The molecule has 0 saturated heterocycles. The monoisotopic (exact) mass is 493 g/mol. The lowest BCUT2D eigenvalue weighted by Crippen LogP contribution is -2.34. The third-order valence-corrected chi connectivity index (χ3v) is 6.90. The molecule has 3 N–H and O–H groups in total. The molecule has 1 aliphatic carbocycles. The van der Waals surface area contributed by atoms with Crippen LogP contribution in [0.15, 0.2) is 48.5 Å². The van der Waals surface area contributed by atoms with E-state index < -0.39 is 24.0 Å². The van der Waals surface area contributed by atoms with Gasteiger partial charge in [0.25, 0.3) is 5.91 Å². The van der Waals surface area contributed by atoms with Crippen LogP contribution in [0.4, 0.5) is 4.79 Å². The molecule has 2 aromatic carbocycles. The van der Waals surface area contributed by atoms with Crippen molar-refractivity contribution in [2.75, 3.05) is 13.2 Å². The van der Waals surface area contributed by atoms with Crippen molar-refractivity contribution < 1.29 is 24.2 Å². The molecule has 1 aliphatic rings. The Morgan fingerprint density at radius 1 is 1.09 bits per heavy atom. The lowest BCUT2D eigenvalue weighted by atomic mass is 9.98. The van der Waals surface area contributed by atoms with Crippen LogP contribution in [-0.4, -0.2) is 47.3 Å². The summed E-state index contributed by atoms with van der Waals surface area (Å²) in [5, 5.41) is 15.0. The van der Waals surface area contributed by atoms with Gasteiger partial charge in [-0.05, 0) is 36.1 Å². The van der Waals surface area contributed by atoms with Crippen LogP contribution in [0.5, 0.6) is 0 Å². The highest BCUT2D eigenvalue weighted by atomic mass is 32.1. The zero-order chi connectivity index (χ0) is 24.9. The highest BCUT2D eigenvalue weighted by Crippen LogP contribution is 2.44. The number of rotatable bonds is 9. The van der Waals surface area contributed by atoms with E-state index in [0.717, 1.165) is 16.0 Å². The summed E-state index contributed by atoms with van der Waals surface area (Å²) in [6.45, 7) is 3.99. The molecule has 0 aliphatic heterocycles. The molecule has 182 valence electrons. The number of hydrogen-bond donors (Lipinski definition) is 3. The normalized spacial score (nSPS) is 13.0. The number of nitrogens with zero attached hydrogens (tertiary/aromatic N) is 1. The van der Waals surface area contributed by atoms with E-state index in [0.29, 0.717) is 18.0 Å². The summed E-state index contributed by atoms with van der Waals surface area (Å²) in [5.41, 5.74) is 4.94. The van der Waals surface area contributed by atoms with Crippen LogP contribution in [0.2, 0.25) is 0 Å². The van der Waals surface area contributed by atoms with Crippen LogP contribution in [0.25, 0.3) is 11.1 Å². The van der Waals surface area contributed by atoms with Crippen molar-refractivity contribution in [3.05, 3.63) is 75.2 Å². The Morgan fingerprint density at radius 3 is 2.34 bits per heavy atom. The maximum Gasteiger partial charge on any atom is 0.407 e. The predicted octanol–water partition coefficient (Wildman–Crippen LogP) is 4.13. The molecule has 1 atom stereocenters. The molecule has 0 spiro atoms. The molecule has 3 aromatic rings. The van der Waals surface area contributed by atoms with Gasteiger partial charge in [-0.15, -0.1) is 11.3 Å². The molecule has 0 radical (unpaired) electrons. The first-order chi connectivity index (χ1) is 16.8. The Morgan fingerprint density at radius 2 is 1.71 bits per heavy atom. The molecular weight excluding hydrogens is 466 g/mol. The average Bonchev–Trinajstić information content (AvgIpc) is 3.34. The SMILES string of the molecule is Cc1sc(CCNC(=O)OCC2c3ccccc3-c3ccccc32)nc1C(=O)NC(C)CC(=O)O. The molecule has 1 aromatic heterocycles. The lowest BCUT2D eigenvalue weighted by Gasteiger charge is -2.14. The van der Waals surface area contributed by atoms with Crippen molar-refractivity contribution in [2.24, 2.45) is 0 Å². The van der Waals surface area contributed by atoms with Crippen molar-refractivity contribution in [3.63, 3.8) is 0 Å². The van der Waals surface area contributed by atoms with E-state index >= 15 is 0 Å². The number of nitrogens with one attached hydrogen (secondary N) is 2. The molecule has 9 heteroatoms. The second-order valence-corrected chi connectivity index (χ2v) is 9.77. The van der Waals surface area contributed by atoms with Gasteiger partial charge in [0.05, 0.1) is 11.4 Å². The number of fused-ring (bicyclic) bond motifs is 3. The van der Waals surface area contributed by atoms with Crippen LogP contribution in [-0.2, 0) is 16.0 Å². The van der Waals surface area contributed by atoms with Gasteiger partial charge in [-0.25, -0.2) is 9.78 Å². The summed E-state index contributed by atoms with van der Waals surface area (Å²) in [6, 6.07) is 15.8. The first-order valence-corrected chi connectivity index (χ1v) is 12.2. The number of carbonyl (C=O) groups excluding carboxylic acids is 2. The number of benzene rings is 2. The Kier molecular flexibility index (Phi) is 7.45. The number of aryl methyl sites for hydroxylation is 1.